The lowest BCUT2D eigenvalue weighted by Crippen LogP contribution is -2.51. The molecule has 7 nitrogen and oxygen atoms in total. The summed E-state index contributed by atoms with van der Waals surface area (Å²) in [6.07, 6.45) is 2.67. The highest BCUT2D eigenvalue weighted by Crippen LogP contribution is 2.35. The summed E-state index contributed by atoms with van der Waals surface area (Å²) in [5, 5.41) is 16.7. The Morgan fingerprint density at radius 3 is 2.80 bits per heavy atom. The van der Waals surface area contributed by atoms with Gasteiger partial charge in [-0.3, -0.25) is 19.3 Å². The summed E-state index contributed by atoms with van der Waals surface area (Å²) >= 11 is 7.82. The smallest absolute Gasteiger partial charge is 0.320 e. The molecule has 0 radical (unpaired) electrons. The van der Waals surface area contributed by atoms with E-state index in [4.69, 9.17) is 17.3 Å². The molecule has 2 atom stereocenters. The molecular formula is C23H21F2N3O4S3. The van der Waals surface area contributed by atoms with E-state index in [2.05, 4.69) is 10.6 Å². The lowest BCUT2D eigenvalue weighted by atomic mass is 9.99. The number of halogens is 2. The highest BCUT2D eigenvalue weighted by Gasteiger charge is 2.33. The van der Waals surface area contributed by atoms with Crippen LogP contribution in [0.1, 0.15) is 24.1 Å². The SMILES string of the molecule is O=C(CCN1C(=O)C(=Cc2cc(-c3ccc(F)c(F)c3)cs2)SC1=S)N[C@H]1CCN[C@H](C(=O)O)C1. The maximum absolute atomic E-state index is 13.5. The van der Waals surface area contributed by atoms with Crippen LogP contribution in [0.25, 0.3) is 17.2 Å². The maximum Gasteiger partial charge on any atom is 0.320 e. The molecule has 0 bridgehead atoms. The molecular weight excluding hydrogens is 516 g/mol. The minimum absolute atomic E-state index is 0.0423. The van der Waals surface area contributed by atoms with Gasteiger partial charge in [-0.05, 0) is 60.2 Å². The van der Waals surface area contributed by atoms with Crippen molar-refractivity contribution >= 4 is 63.5 Å². The van der Waals surface area contributed by atoms with Gasteiger partial charge < -0.3 is 15.7 Å². The van der Waals surface area contributed by atoms with Crippen LogP contribution in [-0.2, 0) is 14.4 Å². The lowest BCUT2D eigenvalue weighted by Gasteiger charge is -2.28. The van der Waals surface area contributed by atoms with E-state index in [-0.39, 0.29) is 30.8 Å². The third kappa shape index (κ3) is 6.13. The van der Waals surface area contributed by atoms with Gasteiger partial charge in [-0.1, -0.05) is 30.0 Å². The Bertz CT molecular complexity index is 1220. The molecule has 2 aliphatic heterocycles. The number of benzene rings is 1. The first kappa shape index (κ1) is 25.4. The zero-order valence-corrected chi connectivity index (χ0v) is 20.7. The molecule has 2 fully saturated rings. The van der Waals surface area contributed by atoms with Gasteiger partial charge in [0.25, 0.3) is 5.91 Å². The van der Waals surface area contributed by atoms with Crippen LogP contribution in [-0.4, -0.2) is 57.3 Å². The molecule has 0 unspecified atom stereocenters. The van der Waals surface area contributed by atoms with E-state index >= 15 is 0 Å². The van der Waals surface area contributed by atoms with Crippen molar-refractivity contribution < 1.29 is 28.3 Å². The number of carbonyl (C=O) groups is 3. The molecule has 2 amide bonds. The number of nitrogens with one attached hydrogen (secondary N) is 2. The number of aliphatic carboxylic acids is 1. The summed E-state index contributed by atoms with van der Waals surface area (Å²) < 4.78 is 27.1. The molecule has 2 aromatic rings. The number of carboxylic acid groups (broad SMARTS) is 1. The molecule has 1 aromatic carbocycles. The number of thiocarbonyl (C=S) groups is 1. The van der Waals surface area contributed by atoms with Crippen molar-refractivity contribution in [3.8, 4) is 11.1 Å². The first-order chi connectivity index (χ1) is 16.7. The zero-order chi connectivity index (χ0) is 25.1. The van der Waals surface area contributed by atoms with E-state index in [1.165, 1.54) is 22.3 Å². The second kappa shape index (κ2) is 10.9. The van der Waals surface area contributed by atoms with Crippen LogP contribution in [0.2, 0.25) is 0 Å². The Morgan fingerprint density at radius 2 is 2.06 bits per heavy atom. The largest absolute Gasteiger partial charge is 0.480 e. The second-order valence-electron chi connectivity index (χ2n) is 8.08. The fourth-order valence-electron chi connectivity index (χ4n) is 3.83. The molecule has 12 heteroatoms. The van der Waals surface area contributed by atoms with E-state index in [0.717, 1.165) is 28.8 Å². The number of carbonyl (C=O) groups excluding carboxylic acids is 2. The number of thioether (sulfide) groups is 1. The minimum atomic E-state index is -0.948. The van der Waals surface area contributed by atoms with Crippen molar-refractivity contribution in [3.05, 3.63) is 51.1 Å². The molecule has 0 spiro atoms. The van der Waals surface area contributed by atoms with Crippen LogP contribution in [0.5, 0.6) is 0 Å². The van der Waals surface area contributed by atoms with Crippen molar-refractivity contribution in [3.63, 3.8) is 0 Å². The summed E-state index contributed by atoms with van der Waals surface area (Å²) in [4.78, 5) is 38.9. The first-order valence-corrected chi connectivity index (χ1v) is 12.9. The molecule has 3 heterocycles. The van der Waals surface area contributed by atoms with E-state index in [0.29, 0.717) is 39.7 Å². The average molecular weight is 538 g/mol. The Labute approximate surface area is 213 Å². The van der Waals surface area contributed by atoms with Gasteiger partial charge in [0.05, 0.1) is 4.91 Å². The predicted molar refractivity (Wildman–Crippen MR) is 135 cm³/mol. The third-order valence-corrected chi connectivity index (χ3v) is 7.91. The summed E-state index contributed by atoms with van der Waals surface area (Å²) in [7, 11) is 0. The van der Waals surface area contributed by atoms with E-state index in [9.17, 15) is 23.2 Å². The van der Waals surface area contributed by atoms with Gasteiger partial charge in [0.15, 0.2) is 11.6 Å². The molecule has 184 valence electrons. The van der Waals surface area contributed by atoms with Crippen molar-refractivity contribution in [2.45, 2.75) is 31.3 Å². The number of hydrogen-bond donors (Lipinski definition) is 3. The lowest BCUT2D eigenvalue weighted by molar-refractivity contribution is -0.140. The van der Waals surface area contributed by atoms with Gasteiger partial charge in [0.1, 0.15) is 10.4 Å². The molecule has 2 saturated heterocycles. The number of rotatable bonds is 7. The van der Waals surface area contributed by atoms with Crippen LogP contribution in [0.3, 0.4) is 0 Å². The van der Waals surface area contributed by atoms with Crippen molar-refractivity contribution in [2.75, 3.05) is 13.1 Å². The monoisotopic (exact) mass is 537 g/mol. The van der Waals surface area contributed by atoms with Crippen molar-refractivity contribution in [1.29, 1.82) is 0 Å². The number of thiophene rings is 1. The Balaban J connectivity index is 1.34. The maximum atomic E-state index is 13.5. The van der Waals surface area contributed by atoms with Gasteiger partial charge >= 0.3 is 5.97 Å². The topological polar surface area (TPSA) is 98.7 Å². The number of nitrogens with zero attached hydrogens (tertiary/aromatic N) is 1. The minimum Gasteiger partial charge on any atom is -0.480 e. The van der Waals surface area contributed by atoms with Gasteiger partial charge in [-0.15, -0.1) is 11.3 Å². The quantitative estimate of drug-likeness (QED) is 0.367. The standard InChI is InChI=1S/C23H21F2N3O4S3/c24-16-2-1-12(8-17(16)25)13-7-15(34-11-13)10-19-21(30)28(23(33)35-19)6-4-20(29)27-14-3-5-26-18(9-14)22(31)32/h1-2,7-8,10-11,14,18,26H,3-6,9H2,(H,27,29)(H,31,32)/t14-,18-/m0/s1. The number of amides is 2. The van der Waals surface area contributed by atoms with E-state index in [1.54, 1.807) is 17.5 Å². The fraction of sp³-hybridized carbons (Fsp3) is 0.304. The van der Waals surface area contributed by atoms with Crippen LogP contribution in [0.4, 0.5) is 8.78 Å². The summed E-state index contributed by atoms with van der Waals surface area (Å²) in [6, 6.07) is 4.53. The summed E-state index contributed by atoms with van der Waals surface area (Å²) in [5.41, 5.74) is 1.23. The third-order valence-electron chi connectivity index (χ3n) is 5.65. The normalized spacial score (nSPS) is 21.5. The van der Waals surface area contributed by atoms with Crippen molar-refractivity contribution in [2.24, 2.45) is 0 Å². The highest BCUT2D eigenvalue weighted by molar-refractivity contribution is 8.26. The second-order valence-corrected chi connectivity index (χ2v) is 10.7. The molecule has 35 heavy (non-hydrogen) atoms. The van der Waals surface area contributed by atoms with Gasteiger partial charge in [-0.2, -0.15) is 0 Å². The number of hydrogen-bond acceptors (Lipinski definition) is 7. The highest BCUT2D eigenvalue weighted by atomic mass is 32.2. The van der Waals surface area contributed by atoms with E-state index in [1.807, 2.05) is 0 Å². The molecule has 2 aliphatic rings. The van der Waals surface area contributed by atoms with Gasteiger partial charge in [0.2, 0.25) is 5.91 Å². The summed E-state index contributed by atoms with van der Waals surface area (Å²) in [5.74, 6) is -3.36. The van der Waals surface area contributed by atoms with E-state index < -0.39 is 23.6 Å². The zero-order valence-electron chi connectivity index (χ0n) is 18.3. The van der Waals surface area contributed by atoms with Crippen LogP contribution in [0, 0.1) is 11.6 Å². The van der Waals surface area contributed by atoms with Gasteiger partial charge in [0, 0.05) is 23.9 Å². The van der Waals surface area contributed by atoms with Crippen LogP contribution < -0.4 is 10.6 Å². The molecule has 3 N–H and O–H groups in total. The fourth-order valence-corrected chi connectivity index (χ4v) is 6.05. The Morgan fingerprint density at radius 1 is 1.26 bits per heavy atom. The Hall–Kier alpha value is -2.67. The average Bonchev–Trinajstić information content (AvgIpc) is 3.39. The van der Waals surface area contributed by atoms with Gasteiger partial charge in [-0.25, -0.2) is 8.78 Å². The predicted octanol–water partition coefficient (Wildman–Crippen LogP) is 3.61. The van der Waals surface area contributed by atoms with Crippen LogP contribution in [0.15, 0.2) is 34.6 Å². The molecule has 0 saturated carbocycles. The van der Waals surface area contributed by atoms with Crippen LogP contribution >= 0.6 is 35.3 Å². The van der Waals surface area contributed by atoms with Crippen molar-refractivity contribution in [1.82, 2.24) is 15.5 Å². The summed E-state index contributed by atoms with van der Waals surface area (Å²) in [6.45, 7) is 0.619. The molecule has 4 rings (SSSR count). The molecule has 1 aromatic heterocycles. The number of carboxylic acids is 1. The molecule has 0 aliphatic carbocycles. The Kier molecular flexibility index (Phi) is 7.95. The first-order valence-electron chi connectivity index (χ1n) is 10.8. The number of piperidine rings is 1.